The van der Waals surface area contributed by atoms with E-state index in [4.69, 9.17) is 9.47 Å². The molecule has 0 saturated carbocycles. The number of esters is 1. The highest BCUT2D eigenvalue weighted by molar-refractivity contribution is 5.86. The fourth-order valence-corrected chi connectivity index (χ4v) is 2.01. The molecule has 1 saturated heterocycles. The van der Waals surface area contributed by atoms with Crippen LogP contribution in [0.25, 0.3) is 0 Å². The van der Waals surface area contributed by atoms with E-state index in [2.05, 4.69) is 0 Å². The number of methoxy groups -OCH3 is 1. The van der Waals surface area contributed by atoms with Gasteiger partial charge in [-0.05, 0) is 24.6 Å². The Hall–Kier alpha value is -1.84. The van der Waals surface area contributed by atoms with Crippen LogP contribution in [-0.4, -0.2) is 18.9 Å². The van der Waals surface area contributed by atoms with Crippen LogP contribution in [0.5, 0.6) is 5.75 Å². The molecular formula is C13H14O4. The highest BCUT2D eigenvalue weighted by atomic mass is 16.6. The molecule has 17 heavy (non-hydrogen) atoms. The first-order valence-corrected chi connectivity index (χ1v) is 5.45. The van der Waals surface area contributed by atoms with Crippen LogP contribution in [0.3, 0.4) is 0 Å². The van der Waals surface area contributed by atoms with E-state index >= 15 is 0 Å². The summed E-state index contributed by atoms with van der Waals surface area (Å²) in [4.78, 5) is 22.7. The minimum absolute atomic E-state index is 0.0170. The van der Waals surface area contributed by atoms with Crippen molar-refractivity contribution in [2.45, 2.75) is 19.4 Å². The van der Waals surface area contributed by atoms with Crippen LogP contribution in [0.4, 0.5) is 0 Å². The van der Waals surface area contributed by atoms with Gasteiger partial charge >= 0.3 is 5.97 Å². The Balaban J connectivity index is 2.25. The van der Waals surface area contributed by atoms with Gasteiger partial charge in [0.25, 0.3) is 0 Å². The number of ether oxygens (including phenoxy) is 2. The van der Waals surface area contributed by atoms with Crippen LogP contribution in [0.2, 0.25) is 0 Å². The molecule has 90 valence electrons. The number of rotatable bonds is 3. The Labute approximate surface area is 99.5 Å². The normalized spacial score (nSPS) is 23.3. The first-order chi connectivity index (χ1) is 8.11. The fourth-order valence-electron chi connectivity index (χ4n) is 2.01. The summed E-state index contributed by atoms with van der Waals surface area (Å²) in [6.45, 7) is 1.49. The average molecular weight is 234 g/mol. The van der Waals surface area contributed by atoms with E-state index in [9.17, 15) is 9.59 Å². The van der Waals surface area contributed by atoms with Crippen LogP contribution in [0.15, 0.2) is 24.3 Å². The number of hydrogen-bond acceptors (Lipinski definition) is 4. The van der Waals surface area contributed by atoms with E-state index in [0.717, 1.165) is 11.3 Å². The Morgan fingerprint density at radius 1 is 1.35 bits per heavy atom. The molecule has 4 heteroatoms. The standard InChI is InChI=1S/C13H14O4/c1-8(14)11-7-12(15)17-13(11)9-3-5-10(16-2)6-4-9/h3-6,11,13H,7H2,1-2H3/t11-,13+/m1/s1. The van der Waals surface area contributed by atoms with Gasteiger partial charge in [0.1, 0.15) is 17.6 Å². The number of Topliss-reactive ketones (excluding diaryl/α,β-unsaturated/α-hetero) is 1. The van der Waals surface area contributed by atoms with Crippen LogP contribution in [-0.2, 0) is 14.3 Å². The number of hydrogen-bond donors (Lipinski definition) is 0. The topological polar surface area (TPSA) is 52.6 Å². The van der Waals surface area contributed by atoms with Crippen molar-refractivity contribution in [1.82, 2.24) is 0 Å². The minimum Gasteiger partial charge on any atom is -0.497 e. The maximum atomic E-state index is 11.4. The number of cyclic esters (lactones) is 1. The molecule has 0 N–H and O–H groups in total. The summed E-state index contributed by atoms with van der Waals surface area (Å²) in [5, 5.41) is 0. The van der Waals surface area contributed by atoms with Gasteiger partial charge in [-0.25, -0.2) is 0 Å². The van der Waals surface area contributed by atoms with Crippen molar-refractivity contribution in [3.63, 3.8) is 0 Å². The highest BCUT2D eigenvalue weighted by Crippen LogP contribution is 2.36. The molecule has 0 unspecified atom stereocenters. The van der Waals surface area contributed by atoms with Crippen molar-refractivity contribution in [2.24, 2.45) is 5.92 Å². The van der Waals surface area contributed by atoms with E-state index in [-0.39, 0.29) is 24.1 Å². The molecule has 1 heterocycles. The zero-order valence-electron chi connectivity index (χ0n) is 9.80. The summed E-state index contributed by atoms with van der Waals surface area (Å²) in [6.07, 6.45) is -0.280. The Bertz CT molecular complexity index is 435. The van der Waals surface area contributed by atoms with Crippen molar-refractivity contribution in [3.05, 3.63) is 29.8 Å². The van der Waals surface area contributed by atoms with Gasteiger partial charge in [0, 0.05) is 0 Å². The Morgan fingerprint density at radius 2 is 2.00 bits per heavy atom. The first kappa shape index (κ1) is 11.6. The average Bonchev–Trinajstić information content (AvgIpc) is 2.72. The monoisotopic (exact) mass is 234 g/mol. The van der Waals surface area contributed by atoms with Crippen LogP contribution in [0, 0.1) is 5.92 Å². The minimum atomic E-state index is -0.453. The van der Waals surface area contributed by atoms with Gasteiger partial charge in [-0.2, -0.15) is 0 Å². The molecule has 2 atom stereocenters. The SMILES string of the molecule is COc1ccc([C@@H]2OC(=O)C[C@@H]2C(C)=O)cc1. The fraction of sp³-hybridized carbons (Fsp3) is 0.385. The van der Waals surface area contributed by atoms with Crippen LogP contribution < -0.4 is 4.74 Å². The van der Waals surface area contributed by atoms with Crippen molar-refractivity contribution >= 4 is 11.8 Å². The number of benzene rings is 1. The van der Waals surface area contributed by atoms with Crippen molar-refractivity contribution in [3.8, 4) is 5.75 Å². The zero-order valence-corrected chi connectivity index (χ0v) is 9.80. The lowest BCUT2D eigenvalue weighted by atomic mass is 9.92. The second-order valence-electron chi connectivity index (χ2n) is 4.10. The molecule has 1 aromatic carbocycles. The van der Waals surface area contributed by atoms with E-state index in [1.54, 1.807) is 19.2 Å². The third-order valence-electron chi connectivity index (χ3n) is 2.98. The van der Waals surface area contributed by atoms with Gasteiger partial charge in [0.15, 0.2) is 0 Å². The largest absolute Gasteiger partial charge is 0.497 e. The lowest BCUT2D eigenvalue weighted by Gasteiger charge is -2.15. The van der Waals surface area contributed by atoms with Crippen LogP contribution in [0.1, 0.15) is 25.0 Å². The molecule has 0 spiro atoms. The van der Waals surface area contributed by atoms with Gasteiger partial charge in [0.2, 0.25) is 0 Å². The maximum Gasteiger partial charge on any atom is 0.307 e. The molecule has 0 amide bonds. The van der Waals surface area contributed by atoms with E-state index in [1.165, 1.54) is 6.92 Å². The number of carbonyl (C=O) groups is 2. The first-order valence-electron chi connectivity index (χ1n) is 5.45. The molecule has 1 fully saturated rings. The summed E-state index contributed by atoms with van der Waals surface area (Å²) in [7, 11) is 1.59. The number of carbonyl (C=O) groups excluding carboxylic acids is 2. The third kappa shape index (κ3) is 2.30. The smallest absolute Gasteiger partial charge is 0.307 e. The summed E-state index contributed by atoms with van der Waals surface area (Å²) in [5.74, 6) is 0.0380. The molecule has 0 aromatic heterocycles. The maximum absolute atomic E-state index is 11.4. The van der Waals surface area contributed by atoms with Gasteiger partial charge in [-0.1, -0.05) is 12.1 Å². The Morgan fingerprint density at radius 3 is 2.53 bits per heavy atom. The predicted molar refractivity (Wildman–Crippen MR) is 60.6 cm³/mol. The van der Waals surface area contributed by atoms with Gasteiger partial charge in [-0.3, -0.25) is 9.59 Å². The third-order valence-corrected chi connectivity index (χ3v) is 2.98. The van der Waals surface area contributed by atoms with Crippen molar-refractivity contribution in [1.29, 1.82) is 0 Å². The second-order valence-corrected chi connectivity index (χ2v) is 4.10. The summed E-state index contributed by atoms with van der Waals surface area (Å²) in [6, 6.07) is 7.22. The predicted octanol–water partition coefficient (Wildman–Crippen LogP) is 1.89. The van der Waals surface area contributed by atoms with E-state index in [0.29, 0.717) is 0 Å². The molecule has 1 aliphatic heterocycles. The van der Waals surface area contributed by atoms with Crippen molar-refractivity contribution < 1.29 is 19.1 Å². The van der Waals surface area contributed by atoms with Crippen molar-refractivity contribution in [2.75, 3.05) is 7.11 Å². The number of ketones is 1. The van der Waals surface area contributed by atoms with E-state index < -0.39 is 6.10 Å². The molecule has 0 bridgehead atoms. The molecule has 1 aliphatic rings. The zero-order chi connectivity index (χ0) is 12.4. The molecule has 0 radical (unpaired) electrons. The Kier molecular flexibility index (Phi) is 3.13. The molecule has 2 rings (SSSR count). The van der Waals surface area contributed by atoms with Crippen LogP contribution >= 0.6 is 0 Å². The summed E-state index contributed by atoms with van der Waals surface area (Å²) >= 11 is 0. The highest BCUT2D eigenvalue weighted by Gasteiger charge is 2.38. The lowest BCUT2D eigenvalue weighted by Crippen LogP contribution is -2.15. The summed E-state index contributed by atoms with van der Waals surface area (Å²) in [5.41, 5.74) is 0.830. The lowest BCUT2D eigenvalue weighted by molar-refractivity contribution is -0.141. The van der Waals surface area contributed by atoms with Gasteiger partial charge < -0.3 is 9.47 Å². The van der Waals surface area contributed by atoms with E-state index in [1.807, 2.05) is 12.1 Å². The summed E-state index contributed by atoms with van der Waals surface area (Å²) < 4.78 is 10.2. The molecular weight excluding hydrogens is 220 g/mol. The quantitative estimate of drug-likeness (QED) is 0.749. The molecule has 0 aliphatic carbocycles. The second kappa shape index (κ2) is 4.57. The molecule has 4 nitrogen and oxygen atoms in total. The molecule has 1 aromatic rings. The van der Waals surface area contributed by atoms with Gasteiger partial charge in [-0.15, -0.1) is 0 Å². The van der Waals surface area contributed by atoms with Gasteiger partial charge in [0.05, 0.1) is 19.4 Å².